The molecule has 0 amide bonds. The summed E-state index contributed by atoms with van der Waals surface area (Å²) in [6, 6.07) is 0. The van der Waals surface area contributed by atoms with Gasteiger partial charge in [-0.15, -0.1) is 0 Å². The van der Waals surface area contributed by atoms with Crippen molar-refractivity contribution in [1.82, 2.24) is 0 Å². The van der Waals surface area contributed by atoms with E-state index < -0.39 is 0 Å². The van der Waals surface area contributed by atoms with E-state index in [4.69, 9.17) is 0 Å². The van der Waals surface area contributed by atoms with Crippen LogP contribution in [0.1, 0.15) is 39.5 Å². The van der Waals surface area contributed by atoms with Crippen LogP contribution in [-0.4, -0.2) is 0 Å². The van der Waals surface area contributed by atoms with Gasteiger partial charge in [0.25, 0.3) is 0 Å². The molecule has 0 aromatic rings. The standard InChI is InChI=1S/C14H22/c1-3-5-7-9-11-13-14-12-10-8-6-4-2/h3,5,7,9,11-14H,4,6,8,10H2,1-2H3. The molecule has 0 saturated heterocycles. The third kappa shape index (κ3) is 11.0. The van der Waals surface area contributed by atoms with Crippen LogP contribution in [0.25, 0.3) is 0 Å². The fourth-order valence-corrected chi connectivity index (χ4v) is 1.05. The average molecular weight is 190 g/mol. The van der Waals surface area contributed by atoms with Gasteiger partial charge in [0.05, 0.1) is 0 Å². The quantitative estimate of drug-likeness (QED) is 0.399. The second-order valence-electron chi connectivity index (χ2n) is 3.22. The van der Waals surface area contributed by atoms with Gasteiger partial charge in [-0.25, -0.2) is 0 Å². The molecule has 0 aromatic carbocycles. The smallest absolute Gasteiger partial charge is 0.0348 e. The summed E-state index contributed by atoms with van der Waals surface area (Å²) in [5.41, 5.74) is 0. The summed E-state index contributed by atoms with van der Waals surface area (Å²) in [4.78, 5) is 0. The van der Waals surface area contributed by atoms with Crippen LogP contribution in [0.3, 0.4) is 0 Å². The highest BCUT2D eigenvalue weighted by Crippen LogP contribution is 1.99. The number of unbranched alkanes of at least 4 members (excludes halogenated alkanes) is 3. The summed E-state index contributed by atoms with van der Waals surface area (Å²) in [5, 5.41) is 0. The Hall–Kier alpha value is -1.04. The van der Waals surface area contributed by atoms with Gasteiger partial charge in [0, 0.05) is 0 Å². The predicted octanol–water partition coefficient (Wildman–Crippen LogP) is 4.81. The lowest BCUT2D eigenvalue weighted by Crippen LogP contribution is -1.69. The van der Waals surface area contributed by atoms with E-state index in [1.807, 2.05) is 31.2 Å². The molecule has 0 fully saturated rings. The maximum atomic E-state index is 2.23. The minimum absolute atomic E-state index is 1.21. The normalized spacial score (nSPS) is 13.0. The molecule has 0 radical (unpaired) electrons. The molecule has 0 saturated carbocycles. The van der Waals surface area contributed by atoms with Gasteiger partial charge in [-0.05, 0) is 19.8 Å². The van der Waals surface area contributed by atoms with Crippen molar-refractivity contribution in [2.45, 2.75) is 39.5 Å². The summed E-state index contributed by atoms with van der Waals surface area (Å²) in [6.45, 7) is 4.25. The van der Waals surface area contributed by atoms with E-state index in [2.05, 4.69) is 31.2 Å². The topological polar surface area (TPSA) is 0 Å². The summed E-state index contributed by atoms with van der Waals surface area (Å²) < 4.78 is 0. The Balaban J connectivity index is 3.41. The zero-order valence-corrected chi connectivity index (χ0v) is 9.45. The second kappa shape index (κ2) is 12.0. The zero-order chi connectivity index (χ0) is 10.5. The van der Waals surface area contributed by atoms with Gasteiger partial charge in [-0.3, -0.25) is 0 Å². The van der Waals surface area contributed by atoms with Crippen LogP contribution in [0.15, 0.2) is 48.6 Å². The van der Waals surface area contributed by atoms with Crippen molar-refractivity contribution in [3.05, 3.63) is 48.6 Å². The molecular weight excluding hydrogens is 168 g/mol. The van der Waals surface area contributed by atoms with E-state index in [1.165, 1.54) is 25.7 Å². The maximum Gasteiger partial charge on any atom is -0.0348 e. The van der Waals surface area contributed by atoms with Gasteiger partial charge in [0.15, 0.2) is 0 Å². The van der Waals surface area contributed by atoms with Crippen molar-refractivity contribution in [2.24, 2.45) is 0 Å². The summed E-state index contributed by atoms with van der Waals surface area (Å²) in [6.07, 6.45) is 21.8. The molecular formula is C14H22. The molecule has 0 N–H and O–H groups in total. The highest BCUT2D eigenvalue weighted by molar-refractivity contribution is 5.14. The van der Waals surface area contributed by atoms with Gasteiger partial charge >= 0.3 is 0 Å². The SMILES string of the molecule is CC=CC=CC=CC=CCCCCC. The fourth-order valence-electron chi connectivity index (χ4n) is 1.05. The van der Waals surface area contributed by atoms with Crippen molar-refractivity contribution < 1.29 is 0 Å². The Bertz CT molecular complexity index is 204. The number of hydrogen-bond acceptors (Lipinski definition) is 0. The third-order valence-electron chi connectivity index (χ3n) is 1.86. The van der Waals surface area contributed by atoms with E-state index in [1.54, 1.807) is 0 Å². The first-order valence-electron chi connectivity index (χ1n) is 5.53. The molecule has 0 unspecified atom stereocenters. The van der Waals surface area contributed by atoms with Crippen molar-refractivity contribution in [3.63, 3.8) is 0 Å². The van der Waals surface area contributed by atoms with Crippen molar-refractivity contribution in [3.8, 4) is 0 Å². The Labute approximate surface area is 88.7 Å². The Morgan fingerprint density at radius 3 is 2.07 bits per heavy atom. The molecule has 0 aliphatic carbocycles. The monoisotopic (exact) mass is 190 g/mol. The van der Waals surface area contributed by atoms with E-state index in [0.717, 1.165) is 0 Å². The molecule has 0 rings (SSSR count). The summed E-state index contributed by atoms with van der Waals surface area (Å²) >= 11 is 0. The molecule has 0 spiro atoms. The molecule has 0 nitrogen and oxygen atoms in total. The first kappa shape index (κ1) is 13.0. The number of hydrogen-bond donors (Lipinski definition) is 0. The summed E-state index contributed by atoms with van der Waals surface area (Å²) in [5.74, 6) is 0. The molecule has 14 heavy (non-hydrogen) atoms. The Morgan fingerprint density at radius 2 is 1.43 bits per heavy atom. The van der Waals surface area contributed by atoms with Crippen LogP contribution in [0, 0.1) is 0 Å². The van der Waals surface area contributed by atoms with Crippen molar-refractivity contribution in [2.75, 3.05) is 0 Å². The second-order valence-corrected chi connectivity index (χ2v) is 3.22. The Kier molecular flexibility index (Phi) is 11.1. The average Bonchev–Trinajstić information content (AvgIpc) is 2.21. The van der Waals surface area contributed by atoms with Crippen LogP contribution in [0.2, 0.25) is 0 Å². The molecule has 0 heterocycles. The van der Waals surface area contributed by atoms with E-state index in [0.29, 0.717) is 0 Å². The largest absolute Gasteiger partial charge is 0.0877 e. The lowest BCUT2D eigenvalue weighted by molar-refractivity contribution is 0.729. The zero-order valence-electron chi connectivity index (χ0n) is 9.45. The third-order valence-corrected chi connectivity index (χ3v) is 1.86. The van der Waals surface area contributed by atoms with Gasteiger partial charge in [0.2, 0.25) is 0 Å². The molecule has 78 valence electrons. The van der Waals surface area contributed by atoms with Crippen molar-refractivity contribution in [1.29, 1.82) is 0 Å². The predicted molar refractivity (Wildman–Crippen MR) is 66.4 cm³/mol. The van der Waals surface area contributed by atoms with E-state index >= 15 is 0 Å². The van der Waals surface area contributed by atoms with Gasteiger partial charge < -0.3 is 0 Å². The number of allylic oxidation sites excluding steroid dienone is 8. The first-order valence-corrected chi connectivity index (χ1v) is 5.53. The highest BCUT2D eigenvalue weighted by atomic mass is 13.9. The van der Waals surface area contributed by atoms with Crippen molar-refractivity contribution >= 4 is 0 Å². The molecule has 0 heteroatoms. The van der Waals surface area contributed by atoms with Gasteiger partial charge in [0.1, 0.15) is 0 Å². The first-order chi connectivity index (χ1) is 6.91. The lowest BCUT2D eigenvalue weighted by Gasteiger charge is -1.89. The van der Waals surface area contributed by atoms with Gasteiger partial charge in [-0.2, -0.15) is 0 Å². The van der Waals surface area contributed by atoms with E-state index in [-0.39, 0.29) is 0 Å². The van der Waals surface area contributed by atoms with Crippen LogP contribution in [0.5, 0.6) is 0 Å². The molecule has 0 bridgehead atoms. The minimum atomic E-state index is 1.21. The highest BCUT2D eigenvalue weighted by Gasteiger charge is 1.79. The van der Waals surface area contributed by atoms with Crippen LogP contribution in [-0.2, 0) is 0 Å². The molecule has 0 atom stereocenters. The van der Waals surface area contributed by atoms with E-state index in [9.17, 15) is 0 Å². The van der Waals surface area contributed by atoms with Gasteiger partial charge in [-0.1, -0.05) is 68.4 Å². The lowest BCUT2D eigenvalue weighted by atomic mass is 10.2. The summed E-state index contributed by atoms with van der Waals surface area (Å²) in [7, 11) is 0. The number of rotatable bonds is 7. The van der Waals surface area contributed by atoms with Crippen LogP contribution < -0.4 is 0 Å². The van der Waals surface area contributed by atoms with Crippen LogP contribution >= 0.6 is 0 Å². The minimum Gasteiger partial charge on any atom is -0.0877 e. The molecule has 0 aromatic heterocycles. The maximum absolute atomic E-state index is 2.23. The molecule has 0 aliphatic heterocycles. The Morgan fingerprint density at radius 1 is 0.786 bits per heavy atom. The fraction of sp³-hybridized carbons (Fsp3) is 0.429. The van der Waals surface area contributed by atoms with Crippen LogP contribution in [0.4, 0.5) is 0 Å². The molecule has 0 aliphatic rings.